The fourth-order valence-corrected chi connectivity index (χ4v) is 22.9. The van der Waals surface area contributed by atoms with Gasteiger partial charge in [-0.05, 0) is 197 Å². The monoisotopic (exact) mass is 1060 g/mol. The highest BCUT2D eigenvalue weighted by Crippen LogP contribution is 2.88. The smallest absolute Gasteiger partial charge is 0.160 e. The van der Waals surface area contributed by atoms with Crippen LogP contribution in [0.15, 0.2) is 83.3 Å². The quantitative estimate of drug-likeness (QED) is 0.0679. The summed E-state index contributed by atoms with van der Waals surface area (Å²) in [6, 6.07) is 8.94. The molecule has 420 valence electrons. The summed E-state index contributed by atoms with van der Waals surface area (Å²) in [5.41, 5.74) is 5.17. The Morgan fingerprint density at radius 2 is 1.76 bits per heavy atom. The fraction of sp³-hybridized carbons (Fsp3) is 0.721. The minimum Gasteiger partial charge on any atom is -0.396 e. The second kappa shape index (κ2) is 17.7. The number of dihydropyridines is 1. The van der Waals surface area contributed by atoms with E-state index >= 15 is 4.79 Å². The molecule has 11 aliphatic carbocycles. The Bertz CT molecular complexity index is 2880. The number of ketones is 1. The normalized spacial score (nSPS) is 47.5. The Balaban J connectivity index is 0.929. The van der Waals surface area contributed by atoms with Gasteiger partial charge in [-0.25, -0.2) is 0 Å². The van der Waals surface area contributed by atoms with E-state index in [0.29, 0.717) is 81.7 Å². The highest BCUT2D eigenvalue weighted by atomic mass is 16.6. The van der Waals surface area contributed by atoms with Crippen molar-refractivity contribution >= 4 is 5.78 Å². The van der Waals surface area contributed by atoms with Crippen molar-refractivity contribution in [2.45, 2.75) is 198 Å². The molecule has 0 radical (unpaired) electrons. The number of rotatable bonds is 10. The lowest BCUT2D eigenvalue weighted by Gasteiger charge is -2.73. The third kappa shape index (κ3) is 6.85. The standard InChI is InChI=1S/C68H90N2O8/c1-42-21-31-77-66(34-42,58-57(78-58)61(4,75)59(2,41-72)24-16-43-19-29-70-54(69)32-43)52-18-26-68(76)49-33-50(73)56-48-17-25-64-35-44(20-30-71)36-65(56)55(49)47(37-60(52,68)3)15-14-46-11-6-5-10-45(46)12-9-13-53(67(64,65)38-51(48)74)63(40-64)28-27-62(39-63)22-7-8-23-62/h5-6,10-11,17,19,25,32-33,35,42,47-48,51-53,55-58,70-72,74-76H,7-8,12,14-16,18,20-24,26-31,34,36-41,69H2,1-4H3/t42-,47+,48-,51+,52+,53+,55+,56+,57+,58+,59+,60-,61+,63-,64-,65-,66-,67+,68-/m1/s1. The van der Waals surface area contributed by atoms with Gasteiger partial charge in [0.2, 0.25) is 0 Å². The summed E-state index contributed by atoms with van der Waals surface area (Å²) < 4.78 is 14.4. The number of nitrogens with one attached hydrogen (secondary N) is 1. The fourth-order valence-electron chi connectivity index (χ4n) is 22.9. The number of hydrogen-bond donors (Lipinski definition) is 7. The lowest BCUT2D eigenvalue weighted by atomic mass is 9.30. The summed E-state index contributed by atoms with van der Waals surface area (Å²) in [6.07, 6.45) is 30.0. The number of aryl methyl sites for hydroxylation is 1. The van der Waals surface area contributed by atoms with Gasteiger partial charge >= 0.3 is 0 Å². The van der Waals surface area contributed by atoms with Gasteiger partial charge in [-0.2, -0.15) is 0 Å². The number of allylic oxidation sites excluding steroid dienone is 5. The molecule has 3 aliphatic heterocycles. The molecule has 10 nitrogen and oxygen atoms in total. The molecule has 78 heavy (non-hydrogen) atoms. The van der Waals surface area contributed by atoms with Crippen LogP contribution in [0.5, 0.6) is 0 Å². The van der Waals surface area contributed by atoms with Gasteiger partial charge in [-0.1, -0.05) is 99.6 Å². The second-order valence-electron chi connectivity index (χ2n) is 29.7. The van der Waals surface area contributed by atoms with Crippen LogP contribution < -0.4 is 11.1 Å². The van der Waals surface area contributed by atoms with E-state index in [1.165, 1.54) is 48.8 Å². The van der Waals surface area contributed by atoms with Crippen molar-refractivity contribution in [3.63, 3.8) is 0 Å². The maximum Gasteiger partial charge on any atom is 0.160 e. The van der Waals surface area contributed by atoms with E-state index in [0.717, 1.165) is 62.5 Å². The molecule has 1 aromatic rings. The first-order valence-electron chi connectivity index (χ1n) is 31.1. The Morgan fingerprint density at radius 1 is 0.949 bits per heavy atom. The molecule has 19 atom stereocenters. The van der Waals surface area contributed by atoms with Crippen molar-refractivity contribution in [1.29, 1.82) is 0 Å². The molecule has 0 unspecified atom stereocenters. The van der Waals surface area contributed by atoms with E-state index in [9.17, 15) is 25.5 Å². The highest BCUT2D eigenvalue weighted by molar-refractivity contribution is 5.96. The van der Waals surface area contributed by atoms with Crippen LogP contribution in [-0.4, -0.2) is 92.8 Å². The average Bonchev–Trinajstić information content (AvgIpc) is 4.05. The third-order valence-electron chi connectivity index (χ3n) is 26.3. The first-order chi connectivity index (χ1) is 37.3. The number of carbonyl (C=O) groups excluding carboxylic acids is 1. The topological polar surface area (TPSA) is 178 Å². The third-order valence-corrected chi connectivity index (χ3v) is 26.3. The minimum absolute atomic E-state index is 0.0332. The predicted octanol–water partition coefficient (Wildman–Crippen LogP) is 9.27. The molecule has 15 rings (SSSR count). The Morgan fingerprint density at radius 3 is 2.53 bits per heavy atom. The van der Waals surface area contributed by atoms with Crippen molar-refractivity contribution in [2.75, 3.05) is 26.4 Å². The number of carbonyl (C=O) groups is 1. The largest absolute Gasteiger partial charge is 0.396 e. The van der Waals surface area contributed by atoms with Gasteiger partial charge in [-0.3, -0.25) is 4.79 Å². The van der Waals surface area contributed by atoms with Crippen LogP contribution in [-0.2, 0) is 27.1 Å². The molecule has 4 spiro atoms. The molecule has 1 aromatic carbocycles. The molecule has 8 fully saturated rings. The molecule has 0 aromatic heterocycles. The summed E-state index contributed by atoms with van der Waals surface area (Å²) in [5, 5.41) is 66.2. The summed E-state index contributed by atoms with van der Waals surface area (Å²) >= 11 is 0. The van der Waals surface area contributed by atoms with Gasteiger partial charge < -0.3 is 46.1 Å². The van der Waals surface area contributed by atoms with E-state index in [-0.39, 0.29) is 54.0 Å². The molecule has 3 heterocycles. The average molecular weight is 1060 g/mol. The van der Waals surface area contributed by atoms with E-state index in [1.54, 1.807) is 0 Å². The van der Waals surface area contributed by atoms with Gasteiger partial charge in [0, 0.05) is 65.6 Å². The number of aliphatic hydroxyl groups is 5. The lowest BCUT2D eigenvalue weighted by Crippen LogP contribution is -2.73. The summed E-state index contributed by atoms with van der Waals surface area (Å²) in [7, 11) is 0. The van der Waals surface area contributed by atoms with Crippen LogP contribution in [0.1, 0.15) is 161 Å². The van der Waals surface area contributed by atoms with Crippen LogP contribution in [0, 0.1) is 91.2 Å². The zero-order valence-electron chi connectivity index (χ0n) is 47.3. The second-order valence-corrected chi connectivity index (χ2v) is 29.7. The number of fused-ring (bicyclic) bond motifs is 5. The first-order valence-corrected chi connectivity index (χ1v) is 31.1. The van der Waals surface area contributed by atoms with Crippen molar-refractivity contribution in [2.24, 2.45) is 85.1 Å². The van der Waals surface area contributed by atoms with Crippen LogP contribution >= 0.6 is 0 Å². The molecule has 0 amide bonds. The molecular weight excluding hydrogens is 973 g/mol. The summed E-state index contributed by atoms with van der Waals surface area (Å²) in [6.45, 7) is 9.49. The van der Waals surface area contributed by atoms with Crippen LogP contribution in [0.2, 0.25) is 0 Å². The summed E-state index contributed by atoms with van der Waals surface area (Å²) in [4.78, 5) is 16.3. The van der Waals surface area contributed by atoms with Gasteiger partial charge in [0.15, 0.2) is 5.78 Å². The van der Waals surface area contributed by atoms with Crippen molar-refractivity contribution < 1.29 is 39.8 Å². The number of epoxide rings is 1. The maximum absolute atomic E-state index is 16.3. The molecule has 14 aliphatic rings. The maximum atomic E-state index is 16.3. The molecule has 8 N–H and O–H groups in total. The zero-order valence-corrected chi connectivity index (χ0v) is 47.3. The molecule has 2 saturated heterocycles. The van der Waals surface area contributed by atoms with E-state index in [4.69, 9.17) is 15.2 Å². The Labute approximate surface area is 464 Å². The predicted molar refractivity (Wildman–Crippen MR) is 300 cm³/mol. The number of hydrogen-bond acceptors (Lipinski definition) is 10. The lowest BCUT2D eigenvalue weighted by molar-refractivity contribution is -0.237. The highest BCUT2D eigenvalue weighted by Gasteiger charge is 2.86. The van der Waals surface area contributed by atoms with E-state index < -0.39 is 68.1 Å². The van der Waals surface area contributed by atoms with Crippen molar-refractivity contribution in [3.8, 4) is 11.8 Å². The van der Waals surface area contributed by atoms with Crippen molar-refractivity contribution in [1.82, 2.24) is 5.32 Å². The van der Waals surface area contributed by atoms with Crippen molar-refractivity contribution in [3.05, 3.63) is 94.4 Å². The molecule has 4 bridgehead atoms. The summed E-state index contributed by atoms with van der Waals surface area (Å²) in [5.74, 6) is 7.98. The van der Waals surface area contributed by atoms with Gasteiger partial charge in [0.25, 0.3) is 0 Å². The van der Waals surface area contributed by atoms with Gasteiger partial charge in [0.05, 0.1) is 29.7 Å². The number of benzene rings is 1. The number of ether oxygens (including phenoxy) is 2. The van der Waals surface area contributed by atoms with Crippen LogP contribution in [0.25, 0.3) is 0 Å². The Kier molecular flexibility index (Phi) is 12.0. The Hall–Kier alpha value is -3.53. The number of aliphatic hydroxyl groups excluding tert-OH is 3. The molecule has 6 saturated carbocycles. The van der Waals surface area contributed by atoms with Gasteiger partial charge in [0.1, 0.15) is 17.8 Å². The number of nitrogens with two attached hydrogens (primary N) is 1. The van der Waals surface area contributed by atoms with Gasteiger partial charge in [-0.15, -0.1) is 0 Å². The van der Waals surface area contributed by atoms with Crippen LogP contribution in [0.3, 0.4) is 0 Å². The van der Waals surface area contributed by atoms with E-state index in [1.807, 2.05) is 26.0 Å². The first kappa shape index (κ1) is 52.5. The van der Waals surface area contributed by atoms with Crippen LogP contribution in [0.4, 0.5) is 0 Å². The van der Waals surface area contributed by atoms with E-state index in [2.05, 4.69) is 79.6 Å². The zero-order chi connectivity index (χ0) is 54.1. The SMILES string of the molecule is C[C@@H]1CCO[C@]([C@H]2CC[C@@]3(O)C4=CC(=O)[C@@H]5[C@@H]6C=C[C@@]78C=C(CCO)C[C@@]59[C@H]4[C@@H](CCc4ccccc4CC#C[C@@H]([C@@]4(CCC5(CCCC5)C4)C7)[C@@]89C[C@@H]6O)C[C@]23C)([C@H]2O[C@@H]2[C@](C)(O)[C@](C)(CO)CCC2=CCNC(N)=C2)C1. The molecule has 10 heteroatoms. The minimum atomic E-state index is -1.42. The molecular formula is C68H90N2O8.